The van der Waals surface area contributed by atoms with Crippen LogP contribution in [0.5, 0.6) is 11.5 Å². The first kappa shape index (κ1) is 13.9. The first-order valence-electron chi connectivity index (χ1n) is 6.49. The molecule has 0 saturated carbocycles. The van der Waals surface area contributed by atoms with Gasteiger partial charge in [-0.3, -0.25) is 4.79 Å². The lowest BCUT2D eigenvalue weighted by molar-refractivity contribution is -0.389. The summed E-state index contributed by atoms with van der Waals surface area (Å²) in [5.41, 5.74) is 0.552. The highest BCUT2D eigenvalue weighted by Crippen LogP contribution is 2.32. The van der Waals surface area contributed by atoms with Gasteiger partial charge in [0.15, 0.2) is 11.5 Å². The van der Waals surface area contributed by atoms with E-state index >= 15 is 0 Å². The van der Waals surface area contributed by atoms with Crippen molar-refractivity contribution < 1.29 is 19.2 Å². The molecule has 1 aromatic heterocycles. The van der Waals surface area contributed by atoms with E-state index in [-0.39, 0.29) is 18.3 Å². The van der Waals surface area contributed by atoms with Crippen LogP contribution in [0.1, 0.15) is 0 Å². The van der Waals surface area contributed by atoms with E-state index in [0.29, 0.717) is 30.4 Å². The maximum Gasteiger partial charge on any atom is 0.389 e. The summed E-state index contributed by atoms with van der Waals surface area (Å²) in [7, 11) is 0. The predicted octanol–water partition coefficient (Wildman–Crippen LogP) is 1.20. The highest BCUT2D eigenvalue weighted by Gasteiger charge is 2.15. The molecule has 22 heavy (non-hydrogen) atoms. The Bertz CT molecular complexity index is 727. The van der Waals surface area contributed by atoms with Crippen molar-refractivity contribution in [2.75, 3.05) is 18.5 Å². The molecule has 3 rings (SSSR count). The summed E-state index contributed by atoms with van der Waals surface area (Å²) in [6, 6.07) is 6.30. The van der Waals surface area contributed by atoms with E-state index in [1.165, 1.54) is 16.9 Å². The fourth-order valence-electron chi connectivity index (χ4n) is 2.01. The lowest BCUT2D eigenvalue weighted by atomic mass is 10.2. The minimum Gasteiger partial charge on any atom is -0.486 e. The van der Waals surface area contributed by atoms with Crippen LogP contribution >= 0.6 is 0 Å². The van der Waals surface area contributed by atoms with Crippen molar-refractivity contribution >= 4 is 17.4 Å². The number of hydrogen-bond donors (Lipinski definition) is 1. The van der Waals surface area contributed by atoms with Crippen molar-refractivity contribution in [1.82, 2.24) is 9.78 Å². The monoisotopic (exact) mass is 304 g/mol. The zero-order valence-corrected chi connectivity index (χ0v) is 11.4. The van der Waals surface area contributed by atoms with Crippen LogP contribution in [-0.2, 0) is 11.3 Å². The summed E-state index contributed by atoms with van der Waals surface area (Å²) in [5, 5.41) is 16.9. The molecule has 9 nitrogen and oxygen atoms in total. The van der Waals surface area contributed by atoms with Gasteiger partial charge < -0.3 is 24.9 Å². The fraction of sp³-hybridized carbons (Fsp3) is 0.231. The number of rotatable bonds is 4. The Labute approximate surface area is 124 Å². The van der Waals surface area contributed by atoms with Crippen molar-refractivity contribution in [3.8, 4) is 11.5 Å². The van der Waals surface area contributed by atoms with E-state index in [1.807, 2.05) is 0 Å². The number of aromatic nitrogens is 2. The van der Waals surface area contributed by atoms with Crippen LogP contribution in [0.3, 0.4) is 0 Å². The molecule has 1 N–H and O–H groups in total. The van der Waals surface area contributed by atoms with Gasteiger partial charge in [-0.15, -0.1) is 0 Å². The largest absolute Gasteiger partial charge is 0.486 e. The Morgan fingerprint density at radius 1 is 1.32 bits per heavy atom. The molecule has 114 valence electrons. The van der Waals surface area contributed by atoms with E-state index < -0.39 is 4.92 Å². The molecule has 0 unspecified atom stereocenters. The van der Waals surface area contributed by atoms with Gasteiger partial charge in [0.05, 0.1) is 17.4 Å². The number of carbonyl (C=O) groups is 1. The van der Waals surface area contributed by atoms with Crippen molar-refractivity contribution in [2.24, 2.45) is 0 Å². The van der Waals surface area contributed by atoms with Crippen LogP contribution in [0, 0.1) is 10.1 Å². The zero-order chi connectivity index (χ0) is 15.5. The first-order valence-corrected chi connectivity index (χ1v) is 6.49. The lowest BCUT2D eigenvalue weighted by Gasteiger charge is -2.18. The number of nitrogens with one attached hydrogen (secondary N) is 1. The molecule has 0 spiro atoms. The predicted molar refractivity (Wildman–Crippen MR) is 74.9 cm³/mol. The number of carbonyl (C=O) groups excluding carboxylic acids is 1. The zero-order valence-electron chi connectivity index (χ0n) is 11.4. The van der Waals surface area contributed by atoms with Crippen LogP contribution in [0.2, 0.25) is 0 Å². The lowest BCUT2D eigenvalue weighted by Crippen LogP contribution is -2.20. The van der Waals surface area contributed by atoms with Gasteiger partial charge >= 0.3 is 5.82 Å². The van der Waals surface area contributed by atoms with Gasteiger partial charge in [0, 0.05) is 11.8 Å². The highest BCUT2D eigenvalue weighted by molar-refractivity contribution is 5.90. The summed E-state index contributed by atoms with van der Waals surface area (Å²) < 4.78 is 12.0. The summed E-state index contributed by atoms with van der Waals surface area (Å²) in [5.74, 6) is 0.549. The van der Waals surface area contributed by atoms with Crippen LogP contribution in [-0.4, -0.2) is 33.8 Å². The minimum absolute atomic E-state index is 0.123. The van der Waals surface area contributed by atoms with Crippen LogP contribution in [0.25, 0.3) is 0 Å². The summed E-state index contributed by atoms with van der Waals surface area (Å²) in [6.07, 6.45) is 1.38. The van der Waals surface area contributed by atoms with Crippen LogP contribution in [0.15, 0.2) is 30.5 Å². The maximum atomic E-state index is 11.9. The summed E-state index contributed by atoms with van der Waals surface area (Å²) >= 11 is 0. The van der Waals surface area contributed by atoms with E-state index in [1.54, 1.807) is 18.2 Å². The smallest absolute Gasteiger partial charge is 0.389 e. The Morgan fingerprint density at radius 2 is 2.09 bits per heavy atom. The second-order valence-electron chi connectivity index (χ2n) is 4.54. The molecule has 0 aliphatic carbocycles. The molecule has 0 atom stereocenters. The minimum atomic E-state index is -0.616. The molecule has 0 saturated heterocycles. The van der Waals surface area contributed by atoms with Crippen molar-refractivity contribution in [1.29, 1.82) is 0 Å². The molecule has 1 aliphatic heterocycles. The van der Waals surface area contributed by atoms with E-state index in [0.717, 1.165) is 0 Å². The van der Waals surface area contributed by atoms with Crippen LogP contribution < -0.4 is 14.8 Å². The second kappa shape index (κ2) is 5.72. The average Bonchev–Trinajstić information content (AvgIpc) is 2.95. The number of fused-ring (bicyclic) bond motifs is 1. The Balaban J connectivity index is 1.65. The van der Waals surface area contributed by atoms with Gasteiger partial charge in [0.2, 0.25) is 5.91 Å². The molecule has 2 heterocycles. The Kier molecular flexibility index (Phi) is 3.60. The Morgan fingerprint density at radius 3 is 2.82 bits per heavy atom. The third-order valence-corrected chi connectivity index (χ3v) is 2.95. The van der Waals surface area contributed by atoms with Gasteiger partial charge in [0.1, 0.15) is 19.8 Å². The third-order valence-electron chi connectivity index (χ3n) is 2.95. The van der Waals surface area contributed by atoms with Crippen LogP contribution in [0.4, 0.5) is 11.5 Å². The molecule has 1 aliphatic rings. The molecule has 9 heteroatoms. The summed E-state index contributed by atoms with van der Waals surface area (Å²) in [6.45, 7) is 0.834. The molecule has 1 amide bonds. The van der Waals surface area contributed by atoms with Crippen molar-refractivity contribution in [3.05, 3.63) is 40.6 Å². The number of amides is 1. The number of nitrogens with zero attached hydrogens (tertiary/aromatic N) is 3. The molecular weight excluding hydrogens is 292 g/mol. The quantitative estimate of drug-likeness (QED) is 0.671. The molecule has 0 bridgehead atoms. The topological polar surface area (TPSA) is 109 Å². The number of ether oxygens (including phenoxy) is 2. The number of nitro groups is 1. The molecule has 0 fully saturated rings. The number of benzene rings is 1. The normalized spacial score (nSPS) is 12.7. The van der Waals surface area contributed by atoms with Gasteiger partial charge in [-0.1, -0.05) is 0 Å². The number of anilines is 1. The molecular formula is C13H12N4O5. The highest BCUT2D eigenvalue weighted by atomic mass is 16.6. The third kappa shape index (κ3) is 2.97. The van der Waals surface area contributed by atoms with E-state index in [2.05, 4.69) is 10.4 Å². The van der Waals surface area contributed by atoms with Gasteiger partial charge in [-0.2, -0.15) is 4.68 Å². The van der Waals surface area contributed by atoms with Crippen molar-refractivity contribution in [3.63, 3.8) is 0 Å². The first-order chi connectivity index (χ1) is 10.6. The Hall–Kier alpha value is -3.10. The fourth-order valence-corrected chi connectivity index (χ4v) is 2.01. The maximum absolute atomic E-state index is 11.9. The van der Waals surface area contributed by atoms with Gasteiger partial charge in [-0.25, -0.2) is 0 Å². The van der Waals surface area contributed by atoms with Gasteiger partial charge in [-0.05, 0) is 17.1 Å². The molecule has 2 aromatic rings. The van der Waals surface area contributed by atoms with Crippen molar-refractivity contribution in [2.45, 2.75) is 6.54 Å². The molecule has 1 aromatic carbocycles. The van der Waals surface area contributed by atoms with E-state index in [9.17, 15) is 14.9 Å². The second-order valence-corrected chi connectivity index (χ2v) is 4.54. The SMILES string of the molecule is O=C(Cn1ccc([N+](=O)[O-])n1)Nc1ccc2c(c1)OCCO2. The van der Waals surface area contributed by atoms with Gasteiger partial charge in [0.25, 0.3) is 0 Å². The standard InChI is InChI=1S/C13H12N4O5/c18-13(8-16-4-3-12(15-16)17(19)20)14-9-1-2-10-11(7-9)22-6-5-21-10/h1-4,7H,5-6,8H2,(H,14,18). The summed E-state index contributed by atoms with van der Waals surface area (Å²) in [4.78, 5) is 21.8. The molecule has 0 radical (unpaired) electrons. The number of hydrogen-bond acceptors (Lipinski definition) is 6. The average molecular weight is 304 g/mol. The van der Waals surface area contributed by atoms with E-state index in [4.69, 9.17) is 9.47 Å².